The number of nitrogens with one attached hydrogen (secondary N) is 1. The summed E-state index contributed by atoms with van der Waals surface area (Å²) in [6.45, 7) is 2.05. The Balaban J connectivity index is 1.55. The first-order chi connectivity index (χ1) is 13.6. The molecule has 0 atom stereocenters. The minimum Gasteiger partial charge on any atom is -0.322 e. The fraction of sp³-hybridized carbons (Fsp3) is 0.0455. The number of benzene rings is 3. The van der Waals surface area contributed by atoms with Gasteiger partial charge in [0.2, 0.25) is 0 Å². The second-order valence-corrected chi connectivity index (χ2v) is 6.84. The Morgan fingerprint density at radius 3 is 2.29 bits per heavy atom. The van der Waals surface area contributed by atoms with Crippen LogP contribution in [0.25, 0.3) is 16.9 Å². The number of carbonyl (C=O) groups is 1. The van der Waals surface area contributed by atoms with Crippen molar-refractivity contribution in [2.45, 2.75) is 6.92 Å². The van der Waals surface area contributed by atoms with E-state index in [1.165, 1.54) is 5.56 Å². The van der Waals surface area contributed by atoms with Gasteiger partial charge in [-0.15, -0.1) is 5.10 Å². The largest absolute Gasteiger partial charge is 0.322 e. The lowest BCUT2D eigenvalue weighted by atomic mass is 10.1. The van der Waals surface area contributed by atoms with Crippen LogP contribution in [0.5, 0.6) is 0 Å². The zero-order chi connectivity index (χ0) is 19.5. The highest BCUT2D eigenvalue weighted by atomic mass is 35.5. The standard InChI is InChI=1S/C22H17ClN4O/c1-15-2-4-16(5-3-15)21-14-24-26-27(21)20-12-6-17(7-13-20)22(28)25-19-10-8-18(23)9-11-19/h2-14H,1H3,(H,25,28). The maximum absolute atomic E-state index is 12.4. The predicted molar refractivity (Wildman–Crippen MR) is 111 cm³/mol. The summed E-state index contributed by atoms with van der Waals surface area (Å²) in [4.78, 5) is 12.4. The molecule has 138 valence electrons. The topological polar surface area (TPSA) is 59.8 Å². The summed E-state index contributed by atoms with van der Waals surface area (Å²) in [6.07, 6.45) is 1.73. The molecule has 5 nitrogen and oxygen atoms in total. The number of amides is 1. The lowest BCUT2D eigenvalue weighted by Gasteiger charge is -2.09. The van der Waals surface area contributed by atoms with E-state index in [9.17, 15) is 4.79 Å². The molecule has 0 fully saturated rings. The molecular formula is C22H17ClN4O. The minimum absolute atomic E-state index is 0.189. The quantitative estimate of drug-likeness (QED) is 0.526. The lowest BCUT2D eigenvalue weighted by Crippen LogP contribution is -2.12. The number of halogens is 1. The number of anilines is 1. The van der Waals surface area contributed by atoms with Crippen LogP contribution in [0.4, 0.5) is 5.69 Å². The van der Waals surface area contributed by atoms with Crippen molar-refractivity contribution >= 4 is 23.2 Å². The first-order valence-electron chi connectivity index (χ1n) is 8.75. The number of hydrogen-bond acceptors (Lipinski definition) is 3. The molecule has 4 rings (SSSR count). The summed E-state index contributed by atoms with van der Waals surface area (Å²) in [5, 5.41) is 11.7. The Kier molecular flexibility index (Phi) is 4.91. The molecule has 0 saturated carbocycles. The highest BCUT2D eigenvalue weighted by Gasteiger charge is 2.11. The monoisotopic (exact) mass is 388 g/mol. The summed E-state index contributed by atoms with van der Waals surface area (Å²) in [6, 6.07) is 22.4. The molecule has 4 aromatic rings. The molecule has 0 aliphatic carbocycles. The number of nitrogens with zero attached hydrogens (tertiary/aromatic N) is 3. The third-order valence-electron chi connectivity index (χ3n) is 4.37. The van der Waals surface area contributed by atoms with E-state index in [0.717, 1.165) is 16.9 Å². The van der Waals surface area contributed by atoms with Crippen LogP contribution in [-0.4, -0.2) is 20.9 Å². The van der Waals surface area contributed by atoms with Crippen molar-refractivity contribution in [2.24, 2.45) is 0 Å². The van der Waals surface area contributed by atoms with Crippen molar-refractivity contribution in [3.8, 4) is 16.9 Å². The molecule has 1 N–H and O–H groups in total. The van der Waals surface area contributed by atoms with Crippen molar-refractivity contribution in [3.63, 3.8) is 0 Å². The molecule has 0 aliphatic rings. The fourth-order valence-corrected chi connectivity index (χ4v) is 2.96. The van der Waals surface area contributed by atoms with Crippen LogP contribution in [0.3, 0.4) is 0 Å². The molecule has 0 aliphatic heterocycles. The van der Waals surface area contributed by atoms with Gasteiger partial charge >= 0.3 is 0 Å². The SMILES string of the molecule is Cc1ccc(-c2cnnn2-c2ccc(C(=O)Nc3ccc(Cl)cc3)cc2)cc1. The van der Waals surface area contributed by atoms with Crippen molar-refractivity contribution in [2.75, 3.05) is 5.32 Å². The molecule has 0 unspecified atom stereocenters. The Bertz CT molecular complexity index is 1100. The second-order valence-electron chi connectivity index (χ2n) is 6.40. The number of aryl methyl sites for hydroxylation is 1. The van der Waals surface area contributed by atoms with Crippen molar-refractivity contribution in [1.29, 1.82) is 0 Å². The van der Waals surface area contributed by atoms with Crippen LogP contribution in [0.1, 0.15) is 15.9 Å². The van der Waals surface area contributed by atoms with E-state index in [2.05, 4.69) is 27.8 Å². The molecule has 1 heterocycles. The van der Waals surface area contributed by atoms with Crippen molar-refractivity contribution in [1.82, 2.24) is 15.0 Å². The normalized spacial score (nSPS) is 10.6. The number of hydrogen-bond donors (Lipinski definition) is 1. The van der Waals surface area contributed by atoms with Gasteiger partial charge in [-0.2, -0.15) is 0 Å². The van der Waals surface area contributed by atoms with Gasteiger partial charge in [0.1, 0.15) is 0 Å². The van der Waals surface area contributed by atoms with Gasteiger partial charge in [-0.25, -0.2) is 4.68 Å². The number of carbonyl (C=O) groups excluding carboxylic acids is 1. The van der Waals surface area contributed by atoms with Crippen LogP contribution >= 0.6 is 11.6 Å². The van der Waals surface area contributed by atoms with Gasteiger partial charge in [0.05, 0.1) is 17.6 Å². The smallest absolute Gasteiger partial charge is 0.255 e. The third-order valence-corrected chi connectivity index (χ3v) is 4.62. The maximum atomic E-state index is 12.4. The first kappa shape index (κ1) is 17.9. The molecule has 28 heavy (non-hydrogen) atoms. The summed E-state index contributed by atoms with van der Waals surface area (Å²) in [5.74, 6) is -0.189. The van der Waals surface area contributed by atoms with Crippen LogP contribution in [0.15, 0.2) is 79.0 Å². The van der Waals surface area contributed by atoms with Crippen LogP contribution < -0.4 is 5.32 Å². The van der Waals surface area contributed by atoms with Gasteiger partial charge in [0.25, 0.3) is 5.91 Å². The average molecular weight is 389 g/mol. The van der Waals surface area contributed by atoms with E-state index in [0.29, 0.717) is 16.3 Å². The molecular weight excluding hydrogens is 372 g/mol. The van der Waals surface area contributed by atoms with Crippen molar-refractivity contribution in [3.05, 3.63) is 95.1 Å². The summed E-state index contributed by atoms with van der Waals surface area (Å²) in [7, 11) is 0. The Labute approximate surface area is 167 Å². The van der Waals surface area contributed by atoms with Gasteiger partial charge < -0.3 is 5.32 Å². The Morgan fingerprint density at radius 1 is 0.929 bits per heavy atom. The number of rotatable bonds is 4. The van der Waals surface area contributed by atoms with Gasteiger partial charge in [-0.05, 0) is 55.5 Å². The van der Waals surface area contributed by atoms with E-state index in [-0.39, 0.29) is 5.91 Å². The summed E-state index contributed by atoms with van der Waals surface area (Å²) >= 11 is 5.87. The second kappa shape index (κ2) is 7.66. The molecule has 0 spiro atoms. The van der Waals surface area contributed by atoms with Gasteiger partial charge in [0, 0.05) is 21.8 Å². The van der Waals surface area contributed by atoms with E-state index in [4.69, 9.17) is 11.6 Å². The van der Waals surface area contributed by atoms with E-state index < -0.39 is 0 Å². The Hall–Kier alpha value is -3.44. The molecule has 6 heteroatoms. The summed E-state index contributed by atoms with van der Waals surface area (Å²) in [5.41, 5.74) is 5.18. The van der Waals surface area contributed by atoms with E-state index in [1.54, 1.807) is 47.3 Å². The highest BCUT2D eigenvalue weighted by Crippen LogP contribution is 2.22. The Morgan fingerprint density at radius 2 is 1.61 bits per heavy atom. The van der Waals surface area contributed by atoms with E-state index in [1.807, 2.05) is 31.2 Å². The average Bonchev–Trinajstić information content (AvgIpc) is 3.20. The maximum Gasteiger partial charge on any atom is 0.255 e. The molecule has 3 aromatic carbocycles. The van der Waals surface area contributed by atoms with E-state index >= 15 is 0 Å². The zero-order valence-corrected chi connectivity index (χ0v) is 15.9. The van der Waals surface area contributed by atoms with Crippen molar-refractivity contribution < 1.29 is 4.79 Å². The van der Waals surface area contributed by atoms with Gasteiger partial charge in [-0.3, -0.25) is 4.79 Å². The van der Waals surface area contributed by atoms with Crippen LogP contribution in [0.2, 0.25) is 5.02 Å². The molecule has 0 bridgehead atoms. The highest BCUT2D eigenvalue weighted by molar-refractivity contribution is 6.30. The van der Waals surface area contributed by atoms with Gasteiger partial charge in [0.15, 0.2) is 0 Å². The van der Waals surface area contributed by atoms with Crippen LogP contribution in [-0.2, 0) is 0 Å². The molecule has 1 aromatic heterocycles. The van der Waals surface area contributed by atoms with Crippen LogP contribution in [0, 0.1) is 6.92 Å². The summed E-state index contributed by atoms with van der Waals surface area (Å²) < 4.78 is 1.76. The predicted octanol–water partition coefficient (Wildman–Crippen LogP) is 5.15. The zero-order valence-electron chi connectivity index (χ0n) is 15.1. The fourth-order valence-electron chi connectivity index (χ4n) is 2.84. The number of aromatic nitrogens is 3. The third kappa shape index (κ3) is 3.80. The first-order valence-corrected chi connectivity index (χ1v) is 9.13. The molecule has 0 radical (unpaired) electrons. The minimum atomic E-state index is -0.189. The molecule has 1 amide bonds. The molecule has 0 saturated heterocycles. The van der Waals surface area contributed by atoms with Gasteiger partial charge in [-0.1, -0.05) is 46.6 Å². The lowest BCUT2D eigenvalue weighted by molar-refractivity contribution is 0.102.